The van der Waals surface area contributed by atoms with Gasteiger partial charge in [0.1, 0.15) is 0 Å². The van der Waals surface area contributed by atoms with Crippen molar-refractivity contribution in [2.45, 2.75) is 58.7 Å². The lowest BCUT2D eigenvalue weighted by molar-refractivity contribution is -0.218. The van der Waals surface area contributed by atoms with Crippen molar-refractivity contribution >= 4 is 35.1 Å². The lowest BCUT2D eigenvalue weighted by Gasteiger charge is -2.47. The minimum absolute atomic E-state index is 0.0181. The van der Waals surface area contributed by atoms with Crippen LogP contribution < -0.4 is 9.80 Å². The molecule has 0 radical (unpaired) electrons. The van der Waals surface area contributed by atoms with Gasteiger partial charge in [0.15, 0.2) is 6.10 Å². The Balaban J connectivity index is 2.06. The lowest BCUT2D eigenvalue weighted by atomic mass is 9.71. The standard InChI is InChI=1S/C23H30N2O7/c1-15(26)32-23(21(29)30,22(2,3)4)19-20(28)25(13-14-31-19)17-10-6-5-9-16(17)24-12-8-7-11-18(24)27/h5-6,9-10,19H,7-8,11-14H2,1-4H3,(H,29,30)/t19-,23+/m0/s1. The molecular formula is C23H30N2O7. The molecule has 2 aliphatic heterocycles. The number of benzene rings is 1. The Morgan fingerprint density at radius 1 is 1.06 bits per heavy atom. The van der Waals surface area contributed by atoms with Crippen LogP contribution in [0, 0.1) is 5.41 Å². The summed E-state index contributed by atoms with van der Waals surface area (Å²) >= 11 is 0. The molecule has 0 aliphatic carbocycles. The van der Waals surface area contributed by atoms with Crippen LogP contribution in [-0.4, -0.2) is 60.3 Å². The highest BCUT2D eigenvalue weighted by atomic mass is 16.6. The molecule has 0 spiro atoms. The van der Waals surface area contributed by atoms with Crippen LogP contribution in [0.25, 0.3) is 0 Å². The van der Waals surface area contributed by atoms with Crippen LogP contribution in [-0.2, 0) is 28.7 Å². The van der Waals surface area contributed by atoms with Gasteiger partial charge in [0.05, 0.1) is 18.0 Å². The number of ether oxygens (including phenoxy) is 2. The minimum atomic E-state index is -2.23. The zero-order valence-electron chi connectivity index (χ0n) is 18.9. The van der Waals surface area contributed by atoms with Gasteiger partial charge in [-0.05, 0) is 25.0 Å². The zero-order valence-corrected chi connectivity index (χ0v) is 18.9. The van der Waals surface area contributed by atoms with E-state index in [0.717, 1.165) is 19.8 Å². The molecule has 9 nitrogen and oxygen atoms in total. The van der Waals surface area contributed by atoms with Crippen molar-refractivity contribution in [1.29, 1.82) is 0 Å². The number of carbonyl (C=O) groups is 4. The Hall–Kier alpha value is -2.94. The van der Waals surface area contributed by atoms with Crippen LogP contribution in [0.3, 0.4) is 0 Å². The summed E-state index contributed by atoms with van der Waals surface area (Å²) < 4.78 is 11.0. The predicted octanol–water partition coefficient (Wildman–Crippen LogP) is 2.37. The maximum absolute atomic E-state index is 13.7. The molecule has 0 saturated carbocycles. The molecule has 1 aromatic rings. The highest BCUT2D eigenvalue weighted by Crippen LogP contribution is 2.42. The number of nitrogens with zero attached hydrogens (tertiary/aromatic N) is 2. The lowest BCUT2D eigenvalue weighted by Crippen LogP contribution is -2.68. The van der Waals surface area contributed by atoms with Gasteiger partial charge in [-0.2, -0.15) is 0 Å². The summed E-state index contributed by atoms with van der Waals surface area (Å²) in [7, 11) is 0. The molecule has 1 N–H and O–H groups in total. The van der Waals surface area contributed by atoms with E-state index in [2.05, 4.69) is 0 Å². The number of amides is 2. The molecular weight excluding hydrogens is 416 g/mol. The number of hydrogen-bond acceptors (Lipinski definition) is 6. The SMILES string of the molecule is CC(=O)O[C@@](C(=O)O)([C@H]1OCCN(c2ccccc2N2CCCCC2=O)C1=O)C(C)(C)C. The molecule has 2 heterocycles. The molecule has 2 fully saturated rings. The van der Waals surface area contributed by atoms with Crippen LogP contribution >= 0.6 is 0 Å². The molecule has 0 aromatic heterocycles. The molecule has 9 heteroatoms. The van der Waals surface area contributed by atoms with Crippen LogP contribution in [0.5, 0.6) is 0 Å². The van der Waals surface area contributed by atoms with E-state index in [-0.39, 0.29) is 19.1 Å². The number of rotatable bonds is 5. The minimum Gasteiger partial charge on any atom is -0.478 e. The van der Waals surface area contributed by atoms with E-state index in [4.69, 9.17) is 9.47 Å². The molecule has 0 bridgehead atoms. The van der Waals surface area contributed by atoms with Crippen molar-refractivity contribution < 1.29 is 33.8 Å². The Labute approximate surface area is 187 Å². The second-order valence-corrected chi connectivity index (χ2v) is 9.12. The van der Waals surface area contributed by atoms with Gasteiger partial charge in [0, 0.05) is 31.8 Å². The fourth-order valence-electron chi connectivity index (χ4n) is 4.40. The molecule has 2 aliphatic rings. The quantitative estimate of drug-likeness (QED) is 0.691. The normalized spacial score (nSPS) is 21.8. The zero-order chi connectivity index (χ0) is 23.7. The molecule has 3 rings (SSSR count). The average Bonchev–Trinajstić information content (AvgIpc) is 2.71. The third-order valence-electron chi connectivity index (χ3n) is 5.98. The van der Waals surface area contributed by atoms with Crippen molar-refractivity contribution in [3.05, 3.63) is 24.3 Å². The first-order valence-electron chi connectivity index (χ1n) is 10.8. The van der Waals surface area contributed by atoms with Gasteiger partial charge in [0.25, 0.3) is 5.91 Å². The monoisotopic (exact) mass is 446 g/mol. The maximum atomic E-state index is 13.7. The van der Waals surface area contributed by atoms with Crippen LogP contribution in [0.4, 0.5) is 11.4 Å². The molecule has 2 amide bonds. The van der Waals surface area contributed by atoms with Gasteiger partial charge < -0.3 is 24.4 Å². The van der Waals surface area contributed by atoms with E-state index in [1.54, 1.807) is 49.9 Å². The van der Waals surface area contributed by atoms with Crippen molar-refractivity contribution in [3.8, 4) is 0 Å². The van der Waals surface area contributed by atoms with E-state index in [0.29, 0.717) is 24.3 Å². The fraction of sp³-hybridized carbons (Fsp3) is 0.565. The largest absolute Gasteiger partial charge is 0.478 e. The Kier molecular flexibility index (Phi) is 6.59. The number of hydrogen-bond donors (Lipinski definition) is 1. The van der Waals surface area contributed by atoms with Crippen LogP contribution in [0.1, 0.15) is 47.0 Å². The Morgan fingerprint density at radius 2 is 1.69 bits per heavy atom. The molecule has 0 unspecified atom stereocenters. The predicted molar refractivity (Wildman–Crippen MR) is 116 cm³/mol. The van der Waals surface area contributed by atoms with Crippen molar-refractivity contribution in [2.24, 2.45) is 5.41 Å². The molecule has 174 valence electrons. The Bertz CT molecular complexity index is 923. The third kappa shape index (κ3) is 4.09. The number of morpholine rings is 1. The summed E-state index contributed by atoms with van der Waals surface area (Å²) in [5.41, 5.74) is -2.30. The number of carboxylic acids is 1. The average molecular weight is 447 g/mol. The first-order valence-corrected chi connectivity index (χ1v) is 10.8. The van der Waals surface area contributed by atoms with Gasteiger partial charge in [-0.1, -0.05) is 32.9 Å². The van der Waals surface area contributed by atoms with E-state index < -0.39 is 35.0 Å². The summed E-state index contributed by atoms with van der Waals surface area (Å²) in [5.74, 6) is -2.93. The first-order chi connectivity index (χ1) is 15.0. The second-order valence-electron chi connectivity index (χ2n) is 9.12. The van der Waals surface area contributed by atoms with E-state index >= 15 is 0 Å². The number of aliphatic carboxylic acids is 1. The number of carboxylic acid groups (broad SMARTS) is 1. The molecule has 1 aromatic carbocycles. The molecule has 2 atom stereocenters. The van der Waals surface area contributed by atoms with Crippen LogP contribution in [0.2, 0.25) is 0 Å². The second kappa shape index (κ2) is 8.90. The topological polar surface area (TPSA) is 113 Å². The number of esters is 1. The summed E-state index contributed by atoms with van der Waals surface area (Å²) in [6.07, 6.45) is 0.568. The van der Waals surface area contributed by atoms with Gasteiger partial charge >= 0.3 is 11.9 Å². The van der Waals surface area contributed by atoms with Gasteiger partial charge in [-0.25, -0.2) is 4.79 Å². The number of piperidine rings is 1. The first kappa shape index (κ1) is 23.7. The van der Waals surface area contributed by atoms with Crippen molar-refractivity contribution in [1.82, 2.24) is 0 Å². The highest BCUT2D eigenvalue weighted by Gasteiger charge is 2.63. The number of para-hydroxylation sites is 2. The summed E-state index contributed by atoms with van der Waals surface area (Å²) in [5, 5.41) is 10.1. The van der Waals surface area contributed by atoms with Gasteiger partial charge in [0.2, 0.25) is 11.5 Å². The Morgan fingerprint density at radius 3 is 2.22 bits per heavy atom. The summed E-state index contributed by atoms with van der Waals surface area (Å²) in [4.78, 5) is 53.7. The fourth-order valence-corrected chi connectivity index (χ4v) is 4.40. The number of carbonyl (C=O) groups excluding carboxylic acids is 3. The van der Waals surface area contributed by atoms with Gasteiger partial charge in [-0.15, -0.1) is 0 Å². The summed E-state index contributed by atoms with van der Waals surface area (Å²) in [6, 6.07) is 7.05. The van der Waals surface area contributed by atoms with Gasteiger partial charge in [-0.3, -0.25) is 14.4 Å². The van der Waals surface area contributed by atoms with E-state index in [1.807, 2.05) is 0 Å². The van der Waals surface area contributed by atoms with Crippen molar-refractivity contribution in [2.75, 3.05) is 29.5 Å². The van der Waals surface area contributed by atoms with Crippen LogP contribution in [0.15, 0.2) is 24.3 Å². The molecule has 2 saturated heterocycles. The third-order valence-corrected chi connectivity index (χ3v) is 5.98. The molecule has 32 heavy (non-hydrogen) atoms. The van der Waals surface area contributed by atoms with E-state index in [9.17, 15) is 24.3 Å². The summed E-state index contributed by atoms with van der Waals surface area (Å²) in [6.45, 7) is 6.62. The van der Waals surface area contributed by atoms with Crippen molar-refractivity contribution in [3.63, 3.8) is 0 Å². The van der Waals surface area contributed by atoms with E-state index in [1.165, 1.54) is 4.90 Å². The maximum Gasteiger partial charge on any atom is 0.352 e. The smallest absolute Gasteiger partial charge is 0.352 e. The number of anilines is 2. The highest BCUT2D eigenvalue weighted by molar-refractivity contribution is 6.06.